The van der Waals surface area contributed by atoms with Crippen molar-refractivity contribution in [2.75, 3.05) is 0 Å². The summed E-state index contributed by atoms with van der Waals surface area (Å²) in [4.78, 5) is 1.07. The number of hydrogen-bond acceptors (Lipinski definition) is 3. The lowest BCUT2D eigenvalue weighted by Gasteiger charge is -2.17. The van der Waals surface area contributed by atoms with Crippen LogP contribution in [0.3, 0.4) is 0 Å². The Kier molecular flexibility index (Phi) is 4.18. The van der Waals surface area contributed by atoms with Gasteiger partial charge in [-0.2, -0.15) is 0 Å². The number of aryl methyl sites for hydroxylation is 1. The summed E-state index contributed by atoms with van der Waals surface area (Å²) in [6.45, 7) is 1.80. The van der Waals surface area contributed by atoms with Crippen molar-refractivity contribution in [2.45, 2.75) is 29.7 Å². The van der Waals surface area contributed by atoms with Crippen molar-refractivity contribution in [1.29, 1.82) is 0 Å². The highest BCUT2D eigenvalue weighted by atomic mass is 79.9. The summed E-state index contributed by atoms with van der Waals surface area (Å²) in [7, 11) is -3.58. The van der Waals surface area contributed by atoms with Crippen LogP contribution in [0.25, 0.3) is 0 Å². The molecule has 0 amide bonds. The van der Waals surface area contributed by atoms with Gasteiger partial charge in [0.15, 0.2) is 0 Å². The Bertz CT molecular complexity index is 788. The van der Waals surface area contributed by atoms with Crippen LogP contribution in [0.15, 0.2) is 39.0 Å². The molecule has 0 aliphatic heterocycles. The van der Waals surface area contributed by atoms with E-state index in [0.717, 1.165) is 19.8 Å². The summed E-state index contributed by atoms with van der Waals surface area (Å²) in [5, 5.41) is -0.264. The molecule has 0 saturated carbocycles. The fourth-order valence-corrected chi connectivity index (χ4v) is 6.72. The third-order valence-corrected chi connectivity index (χ3v) is 7.24. The number of halogens is 2. The Morgan fingerprint density at radius 1 is 1.38 bits per heavy atom. The van der Waals surface area contributed by atoms with Gasteiger partial charge in [0.05, 0.1) is 20.1 Å². The number of fused-ring (bicyclic) bond motifs is 1. The zero-order valence-electron chi connectivity index (χ0n) is 11.1. The van der Waals surface area contributed by atoms with Crippen LogP contribution < -0.4 is 4.72 Å². The van der Waals surface area contributed by atoms with E-state index < -0.39 is 10.0 Å². The molecule has 1 heterocycles. The monoisotopic (exact) mass is 405 g/mol. The van der Waals surface area contributed by atoms with Crippen LogP contribution >= 0.6 is 38.9 Å². The van der Waals surface area contributed by atoms with Crippen molar-refractivity contribution < 1.29 is 8.42 Å². The maximum absolute atomic E-state index is 12.6. The molecule has 7 heteroatoms. The molecule has 1 N–H and O–H groups in total. The Hall–Kier alpha value is -0.400. The first-order valence-corrected chi connectivity index (χ1v) is 9.91. The van der Waals surface area contributed by atoms with Crippen molar-refractivity contribution >= 4 is 48.9 Å². The molecule has 0 radical (unpaired) electrons. The maximum atomic E-state index is 12.6. The summed E-state index contributed by atoms with van der Waals surface area (Å²) in [6.07, 6.45) is 0.678. The fourth-order valence-electron chi connectivity index (χ4n) is 2.61. The van der Waals surface area contributed by atoms with Crippen LogP contribution in [-0.2, 0) is 16.4 Å². The van der Waals surface area contributed by atoms with Crippen molar-refractivity contribution in [3.05, 3.63) is 50.1 Å². The third-order valence-electron chi connectivity index (χ3n) is 3.58. The number of rotatable bonds is 3. The maximum Gasteiger partial charge on any atom is 0.242 e. The van der Waals surface area contributed by atoms with Crippen LogP contribution in [0, 0.1) is 6.92 Å². The van der Waals surface area contributed by atoms with E-state index in [-0.39, 0.29) is 11.4 Å². The van der Waals surface area contributed by atoms with Crippen LogP contribution in [0.2, 0.25) is 0 Å². The van der Waals surface area contributed by atoms with E-state index >= 15 is 0 Å². The minimum atomic E-state index is -3.58. The van der Waals surface area contributed by atoms with Gasteiger partial charge < -0.3 is 0 Å². The highest BCUT2D eigenvalue weighted by Crippen LogP contribution is 2.37. The van der Waals surface area contributed by atoms with Gasteiger partial charge in [-0.1, -0.05) is 24.3 Å². The highest BCUT2D eigenvalue weighted by Gasteiger charge is 2.34. The number of hydrogen-bond donors (Lipinski definition) is 1. The Labute approximate surface area is 141 Å². The van der Waals surface area contributed by atoms with E-state index in [2.05, 4.69) is 20.7 Å². The average Bonchev–Trinajstić information content (AvgIpc) is 2.91. The molecule has 3 nitrogen and oxygen atoms in total. The molecule has 21 heavy (non-hydrogen) atoms. The summed E-state index contributed by atoms with van der Waals surface area (Å²) >= 11 is 11.1. The van der Waals surface area contributed by atoms with E-state index in [1.165, 1.54) is 11.3 Å². The van der Waals surface area contributed by atoms with Crippen molar-refractivity contribution in [3.8, 4) is 0 Å². The van der Waals surface area contributed by atoms with Gasteiger partial charge in [-0.15, -0.1) is 22.9 Å². The standard InChI is InChI=1S/C14H13BrClNO2S2/c1-8-12(7-13(15)20-8)21(18,19)17-14-10-5-3-2-4-9(10)6-11(14)16/h2-5,7,11,14,17H,6H2,1H3. The molecule has 0 spiro atoms. The summed E-state index contributed by atoms with van der Waals surface area (Å²) in [6, 6.07) is 9.02. The molecule has 3 rings (SSSR count). The predicted octanol–water partition coefficient (Wildman–Crippen LogP) is 4.00. The van der Waals surface area contributed by atoms with Gasteiger partial charge in [0.1, 0.15) is 0 Å². The largest absolute Gasteiger partial charge is 0.242 e. The summed E-state index contributed by atoms with van der Waals surface area (Å²) in [5.74, 6) is 0. The number of nitrogens with one attached hydrogen (secondary N) is 1. The Morgan fingerprint density at radius 3 is 2.76 bits per heavy atom. The smallest absolute Gasteiger partial charge is 0.207 e. The van der Waals surface area contributed by atoms with Crippen molar-refractivity contribution in [1.82, 2.24) is 4.72 Å². The third kappa shape index (κ3) is 2.92. The first kappa shape index (κ1) is 15.5. The average molecular weight is 407 g/mol. The van der Waals surface area contributed by atoms with Crippen LogP contribution in [0.1, 0.15) is 22.0 Å². The minimum Gasteiger partial charge on any atom is -0.207 e. The molecule has 0 saturated heterocycles. The number of benzene rings is 1. The minimum absolute atomic E-state index is 0.264. The highest BCUT2D eigenvalue weighted by molar-refractivity contribution is 9.11. The van der Waals surface area contributed by atoms with Gasteiger partial charge in [-0.3, -0.25) is 0 Å². The Morgan fingerprint density at radius 2 is 2.10 bits per heavy atom. The number of thiophene rings is 1. The summed E-state index contributed by atoms with van der Waals surface area (Å²) in [5.41, 5.74) is 2.07. The lowest BCUT2D eigenvalue weighted by atomic mass is 10.1. The van der Waals surface area contributed by atoms with Crippen molar-refractivity contribution in [2.24, 2.45) is 0 Å². The zero-order chi connectivity index (χ0) is 15.2. The van der Waals surface area contributed by atoms with Crippen LogP contribution in [-0.4, -0.2) is 13.8 Å². The molecule has 0 bridgehead atoms. The molecule has 1 aliphatic carbocycles. The Balaban J connectivity index is 1.95. The molecular weight excluding hydrogens is 394 g/mol. The topological polar surface area (TPSA) is 46.2 Å². The van der Waals surface area contributed by atoms with Gasteiger partial charge in [-0.05, 0) is 46.5 Å². The van der Waals surface area contributed by atoms with E-state index in [9.17, 15) is 8.42 Å². The fraction of sp³-hybridized carbons (Fsp3) is 0.286. The number of sulfonamides is 1. The molecule has 2 atom stereocenters. The zero-order valence-corrected chi connectivity index (χ0v) is 15.1. The van der Waals surface area contributed by atoms with Gasteiger partial charge in [-0.25, -0.2) is 13.1 Å². The summed E-state index contributed by atoms with van der Waals surface area (Å²) < 4.78 is 28.7. The van der Waals surface area contributed by atoms with E-state index in [0.29, 0.717) is 11.3 Å². The van der Waals surface area contributed by atoms with Crippen molar-refractivity contribution in [3.63, 3.8) is 0 Å². The van der Waals surface area contributed by atoms with Gasteiger partial charge in [0, 0.05) is 4.88 Å². The van der Waals surface area contributed by atoms with Crippen LogP contribution in [0.4, 0.5) is 0 Å². The molecule has 1 aliphatic rings. The normalized spacial score (nSPS) is 21.5. The molecule has 2 aromatic rings. The second kappa shape index (κ2) is 5.66. The molecular formula is C14H13BrClNO2S2. The molecule has 0 fully saturated rings. The second-order valence-corrected chi connectivity index (χ2v) is 9.87. The van der Waals surface area contributed by atoms with Crippen LogP contribution in [0.5, 0.6) is 0 Å². The first-order chi connectivity index (χ1) is 9.88. The quantitative estimate of drug-likeness (QED) is 0.783. The van der Waals surface area contributed by atoms with E-state index in [1.807, 2.05) is 24.3 Å². The first-order valence-electron chi connectivity index (χ1n) is 6.38. The number of alkyl halides is 1. The molecule has 112 valence electrons. The molecule has 2 unspecified atom stereocenters. The second-order valence-electron chi connectivity index (χ2n) is 4.99. The molecule has 1 aromatic heterocycles. The lowest BCUT2D eigenvalue weighted by molar-refractivity contribution is 0.556. The SMILES string of the molecule is Cc1sc(Br)cc1S(=O)(=O)NC1c2ccccc2CC1Cl. The predicted molar refractivity (Wildman–Crippen MR) is 89.6 cm³/mol. The van der Waals surface area contributed by atoms with Gasteiger partial charge >= 0.3 is 0 Å². The molecule has 1 aromatic carbocycles. The lowest BCUT2D eigenvalue weighted by Crippen LogP contribution is -2.32. The van der Waals surface area contributed by atoms with Gasteiger partial charge in [0.2, 0.25) is 10.0 Å². The van der Waals surface area contributed by atoms with Gasteiger partial charge in [0.25, 0.3) is 0 Å². The van der Waals surface area contributed by atoms with E-state index in [1.54, 1.807) is 13.0 Å². The van der Waals surface area contributed by atoms with E-state index in [4.69, 9.17) is 11.6 Å².